The monoisotopic (exact) mass is 286 g/mol. The molecule has 0 aliphatic rings. The van der Waals surface area contributed by atoms with E-state index in [0.29, 0.717) is 11.4 Å². The fraction of sp³-hybridized carbons (Fsp3) is 0.250. The van der Waals surface area contributed by atoms with Gasteiger partial charge in [0, 0.05) is 12.2 Å². The molecule has 5 heteroatoms. The summed E-state index contributed by atoms with van der Waals surface area (Å²) in [5.74, 6) is 1.07. The minimum absolute atomic E-state index is 0.0521. The standard InChI is InChI=1S/C16H18N2O3/c1-11(12-4-6-14(20-2)7-5-12)18-15-10-13(8-9-17-15)16(19)21-3/h4-11H,1-3H3,(H,17,18). The first-order chi connectivity index (χ1) is 10.1. The van der Waals surface area contributed by atoms with E-state index in [1.807, 2.05) is 31.2 Å². The third kappa shape index (κ3) is 3.72. The van der Waals surface area contributed by atoms with Gasteiger partial charge in [-0.1, -0.05) is 12.1 Å². The summed E-state index contributed by atoms with van der Waals surface area (Å²) in [5, 5.41) is 3.26. The van der Waals surface area contributed by atoms with Gasteiger partial charge in [0.25, 0.3) is 0 Å². The van der Waals surface area contributed by atoms with Crippen LogP contribution in [0.25, 0.3) is 0 Å². The molecule has 2 rings (SSSR count). The minimum atomic E-state index is -0.377. The molecule has 0 spiro atoms. The van der Waals surface area contributed by atoms with Crippen molar-refractivity contribution in [2.24, 2.45) is 0 Å². The molecule has 1 aromatic carbocycles. The van der Waals surface area contributed by atoms with Crippen LogP contribution in [0, 0.1) is 0 Å². The van der Waals surface area contributed by atoms with Gasteiger partial charge in [-0.2, -0.15) is 0 Å². The summed E-state index contributed by atoms with van der Waals surface area (Å²) in [5.41, 5.74) is 1.57. The second kappa shape index (κ2) is 6.74. The van der Waals surface area contributed by atoms with Crippen molar-refractivity contribution >= 4 is 11.8 Å². The van der Waals surface area contributed by atoms with Crippen molar-refractivity contribution in [1.29, 1.82) is 0 Å². The SMILES string of the molecule is COC(=O)c1ccnc(NC(C)c2ccc(OC)cc2)c1. The Morgan fingerprint density at radius 1 is 1.19 bits per heavy atom. The molecule has 0 saturated heterocycles. The number of nitrogens with zero attached hydrogens (tertiary/aromatic N) is 1. The Bertz CT molecular complexity index is 611. The fourth-order valence-electron chi connectivity index (χ4n) is 1.95. The van der Waals surface area contributed by atoms with Gasteiger partial charge in [-0.25, -0.2) is 9.78 Å². The van der Waals surface area contributed by atoms with Gasteiger partial charge in [-0.05, 0) is 36.8 Å². The van der Waals surface area contributed by atoms with Crippen molar-refractivity contribution < 1.29 is 14.3 Å². The number of nitrogens with one attached hydrogen (secondary N) is 1. The largest absolute Gasteiger partial charge is 0.497 e. The van der Waals surface area contributed by atoms with E-state index in [1.54, 1.807) is 25.4 Å². The van der Waals surface area contributed by atoms with E-state index >= 15 is 0 Å². The third-order valence-corrected chi connectivity index (χ3v) is 3.16. The molecule has 110 valence electrons. The van der Waals surface area contributed by atoms with Crippen LogP contribution in [0.1, 0.15) is 28.9 Å². The molecule has 1 unspecified atom stereocenters. The Morgan fingerprint density at radius 3 is 2.52 bits per heavy atom. The maximum absolute atomic E-state index is 11.5. The van der Waals surface area contributed by atoms with E-state index in [1.165, 1.54) is 7.11 Å². The number of methoxy groups -OCH3 is 2. The summed E-state index contributed by atoms with van der Waals surface area (Å²) in [6.07, 6.45) is 1.58. The number of esters is 1. The summed E-state index contributed by atoms with van der Waals surface area (Å²) in [6.45, 7) is 2.02. The molecule has 1 atom stereocenters. The van der Waals surface area contributed by atoms with Crippen molar-refractivity contribution in [2.75, 3.05) is 19.5 Å². The van der Waals surface area contributed by atoms with Crippen LogP contribution < -0.4 is 10.1 Å². The molecule has 0 fully saturated rings. The summed E-state index contributed by atoms with van der Waals surface area (Å²) >= 11 is 0. The molecule has 0 amide bonds. The van der Waals surface area contributed by atoms with Crippen LogP contribution in [-0.4, -0.2) is 25.2 Å². The van der Waals surface area contributed by atoms with Crippen molar-refractivity contribution in [2.45, 2.75) is 13.0 Å². The number of hydrogen-bond donors (Lipinski definition) is 1. The second-order valence-corrected chi connectivity index (χ2v) is 4.56. The molecule has 2 aromatic rings. The lowest BCUT2D eigenvalue weighted by atomic mass is 10.1. The Labute approximate surface area is 123 Å². The molecule has 0 aliphatic heterocycles. The van der Waals surface area contributed by atoms with Crippen molar-refractivity contribution in [1.82, 2.24) is 4.98 Å². The molecule has 1 N–H and O–H groups in total. The summed E-state index contributed by atoms with van der Waals surface area (Å²) < 4.78 is 9.84. The van der Waals surface area contributed by atoms with E-state index in [2.05, 4.69) is 10.3 Å². The van der Waals surface area contributed by atoms with Gasteiger partial charge in [-0.15, -0.1) is 0 Å². The zero-order valence-electron chi connectivity index (χ0n) is 12.3. The van der Waals surface area contributed by atoms with E-state index in [0.717, 1.165) is 11.3 Å². The van der Waals surface area contributed by atoms with E-state index in [9.17, 15) is 4.79 Å². The van der Waals surface area contributed by atoms with Crippen LogP contribution in [0.5, 0.6) is 5.75 Å². The molecule has 1 aromatic heterocycles. The highest BCUT2D eigenvalue weighted by Gasteiger charge is 2.09. The van der Waals surface area contributed by atoms with E-state index < -0.39 is 0 Å². The lowest BCUT2D eigenvalue weighted by Crippen LogP contribution is -2.09. The van der Waals surface area contributed by atoms with Crippen LogP contribution in [0.3, 0.4) is 0 Å². The molecular weight excluding hydrogens is 268 g/mol. The number of aromatic nitrogens is 1. The number of carbonyl (C=O) groups is 1. The van der Waals surface area contributed by atoms with Gasteiger partial charge < -0.3 is 14.8 Å². The molecule has 0 radical (unpaired) electrons. The fourth-order valence-corrected chi connectivity index (χ4v) is 1.95. The highest BCUT2D eigenvalue weighted by Crippen LogP contribution is 2.21. The number of carbonyl (C=O) groups excluding carboxylic acids is 1. The maximum atomic E-state index is 11.5. The normalized spacial score (nSPS) is 11.6. The van der Waals surface area contributed by atoms with Crippen LogP contribution in [0.15, 0.2) is 42.6 Å². The number of anilines is 1. The molecule has 0 aliphatic carbocycles. The van der Waals surface area contributed by atoms with Crippen LogP contribution >= 0.6 is 0 Å². The van der Waals surface area contributed by atoms with Gasteiger partial charge in [0.2, 0.25) is 0 Å². The first kappa shape index (κ1) is 14.8. The Hall–Kier alpha value is -2.56. The van der Waals surface area contributed by atoms with Gasteiger partial charge >= 0.3 is 5.97 Å². The minimum Gasteiger partial charge on any atom is -0.497 e. The molecule has 0 saturated carbocycles. The number of rotatable bonds is 5. The van der Waals surface area contributed by atoms with Crippen molar-refractivity contribution in [3.05, 3.63) is 53.7 Å². The Morgan fingerprint density at radius 2 is 1.90 bits per heavy atom. The van der Waals surface area contributed by atoms with Gasteiger partial charge in [0.15, 0.2) is 0 Å². The lowest BCUT2D eigenvalue weighted by Gasteiger charge is -2.15. The quantitative estimate of drug-likeness (QED) is 0.856. The number of ether oxygens (including phenoxy) is 2. The Kier molecular flexibility index (Phi) is 4.77. The summed E-state index contributed by atoms with van der Waals surface area (Å²) in [4.78, 5) is 15.7. The average molecular weight is 286 g/mol. The van der Waals surface area contributed by atoms with Gasteiger partial charge in [-0.3, -0.25) is 0 Å². The zero-order chi connectivity index (χ0) is 15.2. The van der Waals surface area contributed by atoms with Crippen LogP contribution in [0.4, 0.5) is 5.82 Å². The highest BCUT2D eigenvalue weighted by molar-refractivity contribution is 5.89. The molecule has 5 nitrogen and oxygen atoms in total. The number of hydrogen-bond acceptors (Lipinski definition) is 5. The van der Waals surface area contributed by atoms with E-state index in [4.69, 9.17) is 9.47 Å². The van der Waals surface area contributed by atoms with Gasteiger partial charge in [0.1, 0.15) is 11.6 Å². The zero-order valence-corrected chi connectivity index (χ0v) is 12.3. The first-order valence-corrected chi connectivity index (χ1v) is 6.59. The van der Waals surface area contributed by atoms with Crippen LogP contribution in [-0.2, 0) is 4.74 Å². The molecule has 1 heterocycles. The Balaban J connectivity index is 2.11. The van der Waals surface area contributed by atoms with Crippen molar-refractivity contribution in [3.63, 3.8) is 0 Å². The molecular formula is C16H18N2O3. The first-order valence-electron chi connectivity index (χ1n) is 6.59. The predicted octanol–water partition coefficient (Wildman–Crippen LogP) is 3.05. The summed E-state index contributed by atoms with van der Waals surface area (Å²) in [7, 11) is 2.99. The van der Waals surface area contributed by atoms with Crippen molar-refractivity contribution in [3.8, 4) is 5.75 Å². The lowest BCUT2D eigenvalue weighted by molar-refractivity contribution is 0.0600. The van der Waals surface area contributed by atoms with Crippen LogP contribution in [0.2, 0.25) is 0 Å². The molecule has 0 bridgehead atoms. The second-order valence-electron chi connectivity index (χ2n) is 4.56. The van der Waals surface area contributed by atoms with E-state index in [-0.39, 0.29) is 12.0 Å². The maximum Gasteiger partial charge on any atom is 0.338 e. The molecule has 21 heavy (non-hydrogen) atoms. The smallest absolute Gasteiger partial charge is 0.338 e. The number of benzene rings is 1. The van der Waals surface area contributed by atoms with Gasteiger partial charge in [0.05, 0.1) is 19.8 Å². The highest BCUT2D eigenvalue weighted by atomic mass is 16.5. The topological polar surface area (TPSA) is 60.5 Å². The predicted molar refractivity (Wildman–Crippen MR) is 80.6 cm³/mol. The number of pyridine rings is 1. The average Bonchev–Trinajstić information content (AvgIpc) is 2.54. The third-order valence-electron chi connectivity index (χ3n) is 3.16. The summed E-state index contributed by atoms with van der Waals surface area (Å²) in [6, 6.07) is 11.1.